The molecule has 2 rings (SSSR count). The summed E-state index contributed by atoms with van der Waals surface area (Å²) in [6.07, 6.45) is 0. The molecular weight excluding hydrogens is 398 g/mol. The topological polar surface area (TPSA) is 9.23 Å². The molecular formula is C14H10Br2ClFO. The maximum absolute atomic E-state index is 14.0. The van der Waals surface area contributed by atoms with Gasteiger partial charge < -0.3 is 4.74 Å². The van der Waals surface area contributed by atoms with Gasteiger partial charge in [-0.05, 0) is 29.8 Å². The molecule has 5 heteroatoms. The lowest BCUT2D eigenvalue weighted by molar-refractivity contribution is 0.410. The number of hydrogen-bond donors (Lipinski definition) is 0. The van der Waals surface area contributed by atoms with Crippen molar-refractivity contribution in [3.63, 3.8) is 0 Å². The summed E-state index contributed by atoms with van der Waals surface area (Å²) >= 11 is 13.2. The van der Waals surface area contributed by atoms with Crippen LogP contribution < -0.4 is 4.74 Å². The summed E-state index contributed by atoms with van der Waals surface area (Å²) < 4.78 is 20.7. The Morgan fingerprint density at radius 2 is 1.84 bits per heavy atom. The van der Waals surface area contributed by atoms with Crippen molar-refractivity contribution in [2.45, 2.75) is 5.38 Å². The molecule has 0 amide bonds. The normalized spacial score (nSPS) is 12.3. The van der Waals surface area contributed by atoms with Crippen LogP contribution in [0.1, 0.15) is 16.5 Å². The van der Waals surface area contributed by atoms with Gasteiger partial charge >= 0.3 is 0 Å². The predicted molar refractivity (Wildman–Crippen MR) is 82.5 cm³/mol. The lowest BCUT2D eigenvalue weighted by Crippen LogP contribution is -1.99. The highest BCUT2D eigenvalue weighted by Crippen LogP contribution is 2.37. The zero-order valence-electron chi connectivity index (χ0n) is 9.96. The third kappa shape index (κ3) is 3.30. The molecule has 0 fully saturated rings. The van der Waals surface area contributed by atoms with E-state index in [1.165, 1.54) is 13.2 Å². The average Bonchev–Trinajstić information content (AvgIpc) is 2.40. The Labute approximate surface area is 133 Å². The van der Waals surface area contributed by atoms with Crippen LogP contribution in [-0.2, 0) is 0 Å². The summed E-state index contributed by atoms with van der Waals surface area (Å²) in [5, 5.41) is -0.571. The molecule has 19 heavy (non-hydrogen) atoms. The Hall–Kier alpha value is -0.580. The van der Waals surface area contributed by atoms with E-state index in [0.717, 1.165) is 14.5 Å². The molecule has 2 aromatic carbocycles. The maximum Gasteiger partial charge on any atom is 0.131 e. The van der Waals surface area contributed by atoms with Crippen molar-refractivity contribution in [1.82, 2.24) is 0 Å². The number of alkyl halides is 1. The van der Waals surface area contributed by atoms with Crippen molar-refractivity contribution >= 4 is 43.5 Å². The van der Waals surface area contributed by atoms with Crippen molar-refractivity contribution in [3.05, 3.63) is 62.3 Å². The zero-order chi connectivity index (χ0) is 14.0. The maximum atomic E-state index is 14.0. The first kappa shape index (κ1) is 14.8. The Kier molecular flexibility index (Phi) is 4.87. The fraction of sp³-hybridized carbons (Fsp3) is 0.143. The molecule has 100 valence electrons. The molecule has 1 unspecified atom stereocenters. The lowest BCUT2D eigenvalue weighted by Gasteiger charge is -2.14. The second-order valence-electron chi connectivity index (χ2n) is 3.92. The van der Waals surface area contributed by atoms with Crippen molar-refractivity contribution in [2.75, 3.05) is 7.11 Å². The van der Waals surface area contributed by atoms with Crippen molar-refractivity contribution in [2.24, 2.45) is 0 Å². The summed E-state index contributed by atoms with van der Waals surface area (Å²) in [5.41, 5.74) is 1.22. The zero-order valence-corrected chi connectivity index (χ0v) is 13.9. The molecule has 0 saturated heterocycles. The minimum absolute atomic E-state index is 0.383. The lowest BCUT2D eigenvalue weighted by atomic mass is 10.0. The first-order chi connectivity index (χ1) is 9.02. The molecule has 0 aliphatic heterocycles. The van der Waals surface area contributed by atoms with Crippen molar-refractivity contribution in [3.8, 4) is 5.75 Å². The molecule has 0 radical (unpaired) electrons. The second kappa shape index (κ2) is 6.25. The van der Waals surface area contributed by atoms with E-state index in [1.807, 2.05) is 18.2 Å². The third-order valence-corrected chi connectivity index (χ3v) is 4.40. The molecule has 2 aromatic rings. The van der Waals surface area contributed by atoms with Crippen LogP contribution in [0.2, 0.25) is 0 Å². The van der Waals surface area contributed by atoms with E-state index in [9.17, 15) is 4.39 Å². The molecule has 0 saturated carbocycles. The van der Waals surface area contributed by atoms with Gasteiger partial charge in [-0.15, -0.1) is 11.6 Å². The van der Waals surface area contributed by atoms with E-state index in [-0.39, 0.29) is 5.82 Å². The highest BCUT2D eigenvalue weighted by Gasteiger charge is 2.18. The van der Waals surface area contributed by atoms with Gasteiger partial charge in [-0.3, -0.25) is 0 Å². The summed E-state index contributed by atoms with van der Waals surface area (Å²) in [4.78, 5) is 0. The molecule has 1 nitrogen and oxygen atoms in total. The molecule has 0 spiro atoms. The van der Waals surface area contributed by atoms with Gasteiger partial charge in [-0.1, -0.05) is 37.9 Å². The summed E-state index contributed by atoms with van der Waals surface area (Å²) in [6.45, 7) is 0. The van der Waals surface area contributed by atoms with Gasteiger partial charge in [0.2, 0.25) is 0 Å². The SMILES string of the molecule is COc1ccc(C(Cl)c2cc(Br)ccc2Br)c(F)c1. The van der Waals surface area contributed by atoms with Gasteiger partial charge in [0, 0.05) is 20.6 Å². The Morgan fingerprint density at radius 3 is 2.47 bits per heavy atom. The van der Waals surface area contributed by atoms with Gasteiger partial charge in [-0.2, -0.15) is 0 Å². The van der Waals surface area contributed by atoms with E-state index in [4.69, 9.17) is 16.3 Å². The molecule has 1 atom stereocenters. The smallest absolute Gasteiger partial charge is 0.131 e. The minimum atomic E-state index is -0.571. The van der Waals surface area contributed by atoms with Crippen molar-refractivity contribution < 1.29 is 9.13 Å². The summed E-state index contributed by atoms with van der Waals surface area (Å²) in [6, 6.07) is 10.3. The Morgan fingerprint density at radius 1 is 1.11 bits per heavy atom. The van der Waals surface area contributed by atoms with Crippen LogP contribution in [0.5, 0.6) is 5.75 Å². The van der Waals surface area contributed by atoms with Gasteiger partial charge in [-0.25, -0.2) is 4.39 Å². The van der Waals surface area contributed by atoms with Gasteiger partial charge in [0.25, 0.3) is 0 Å². The van der Waals surface area contributed by atoms with Crippen LogP contribution >= 0.6 is 43.5 Å². The Bertz CT molecular complexity index is 604. The highest BCUT2D eigenvalue weighted by atomic mass is 79.9. The standard InChI is InChI=1S/C14H10Br2ClFO/c1-19-9-3-4-10(13(18)7-9)14(17)11-6-8(15)2-5-12(11)16/h2-7,14H,1H3. The van der Waals surface area contributed by atoms with E-state index in [1.54, 1.807) is 12.1 Å². The monoisotopic (exact) mass is 406 g/mol. The first-order valence-corrected chi connectivity index (χ1v) is 7.47. The second-order valence-corrected chi connectivity index (χ2v) is 6.12. The highest BCUT2D eigenvalue weighted by molar-refractivity contribution is 9.11. The van der Waals surface area contributed by atoms with E-state index in [2.05, 4.69) is 31.9 Å². The molecule has 0 bridgehead atoms. The number of ether oxygens (including phenoxy) is 1. The number of hydrogen-bond acceptors (Lipinski definition) is 1. The Balaban J connectivity index is 2.43. The number of methoxy groups -OCH3 is 1. The van der Waals surface area contributed by atoms with Crippen LogP contribution in [0.15, 0.2) is 45.3 Å². The first-order valence-electron chi connectivity index (χ1n) is 5.45. The van der Waals surface area contributed by atoms with Gasteiger partial charge in [0.1, 0.15) is 11.6 Å². The molecule has 0 aliphatic carbocycles. The third-order valence-electron chi connectivity index (χ3n) is 2.71. The molecule has 0 aliphatic rings. The van der Waals surface area contributed by atoms with Crippen LogP contribution in [-0.4, -0.2) is 7.11 Å². The number of rotatable bonds is 3. The van der Waals surface area contributed by atoms with Gasteiger partial charge in [0.15, 0.2) is 0 Å². The molecule has 0 heterocycles. The van der Waals surface area contributed by atoms with E-state index < -0.39 is 5.38 Å². The predicted octanol–water partition coefficient (Wildman–Crippen LogP) is 5.69. The van der Waals surface area contributed by atoms with E-state index in [0.29, 0.717) is 11.3 Å². The fourth-order valence-electron chi connectivity index (χ4n) is 1.72. The number of halogens is 4. The quantitative estimate of drug-likeness (QED) is 0.593. The molecule has 0 N–H and O–H groups in total. The average molecular weight is 408 g/mol. The minimum Gasteiger partial charge on any atom is -0.497 e. The van der Waals surface area contributed by atoms with E-state index >= 15 is 0 Å². The summed E-state index contributed by atoms with van der Waals surface area (Å²) in [7, 11) is 1.50. The summed E-state index contributed by atoms with van der Waals surface area (Å²) in [5.74, 6) is 0.0876. The van der Waals surface area contributed by atoms with Crippen LogP contribution in [0.25, 0.3) is 0 Å². The van der Waals surface area contributed by atoms with Crippen LogP contribution in [0.3, 0.4) is 0 Å². The van der Waals surface area contributed by atoms with Gasteiger partial charge in [0.05, 0.1) is 12.5 Å². The fourth-order valence-corrected chi connectivity index (χ4v) is 3.06. The largest absolute Gasteiger partial charge is 0.497 e. The van der Waals surface area contributed by atoms with Crippen LogP contribution in [0, 0.1) is 5.82 Å². The molecule has 0 aromatic heterocycles. The number of benzene rings is 2. The van der Waals surface area contributed by atoms with Crippen LogP contribution in [0.4, 0.5) is 4.39 Å². The van der Waals surface area contributed by atoms with Crippen molar-refractivity contribution in [1.29, 1.82) is 0 Å².